The van der Waals surface area contributed by atoms with E-state index < -0.39 is 5.60 Å². The lowest BCUT2D eigenvalue weighted by atomic mass is 9.93. The topological polar surface area (TPSA) is 42.4 Å². The Labute approximate surface area is 148 Å². The molecular formula is C21H24N2O2. The highest BCUT2D eigenvalue weighted by Gasteiger charge is 2.41. The molecule has 0 N–H and O–H groups in total. The number of pyridine rings is 1. The van der Waals surface area contributed by atoms with Crippen molar-refractivity contribution in [3.05, 3.63) is 48.3 Å². The van der Waals surface area contributed by atoms with Gasteiger partial charge in [0.25, 0.3) is 0 Å². The van der Waals surface area contributed by atoms with E-state index in [2.05, 4.69) is 29.3 Å². The number of nitrogens with zero attached hydrogens (tertiary/aromatic N) is 2. The molecule has 2 aliphatic rings. The molecule has 1 fully saturated rings. The highest BCUT2D eigenvalue weighted by molar-refractivity contribution is 5.86. The summed E-state index contributed by atoms with van der Waals surface area (Å²) in [5.41, 5.74) is 2.14. The van der Waals surface area contributed by atoms with Crippen molar-refractivity contribution in [1.82, 2.24) is 9.88 Å². The summed E-state index contributed by atoms with van der Waals surface area (Å²) in [4.78, 5) is 18.7. The lowest BCUT2D eigenvalue weighted by Gasteiger charge is -2.35. The molecule has 3 heterocycles. The first kappa shape index (κ1) is 16.1. The predicted molar refractivity (Wildman–Crippen MR) is 99.2 cm³/mol. The number of hydrogen-bond donors (Lipinski definition) is 0. The Morgan fingerprint density at radius 3 is 2.80 bits per heavy atom. The number of rotatable bonds is 1. The number of carbonyl (C=O) groups is 1. The highest BCUT2D eigenvalue weighted by atomic mass is 16.6. The number of hydrogen-bond acceptors (Lipinski definition) is 3. The predicted octanol–water partition coefficient (Wildman–Crippen LogP) is 4.79. The van der Waals surface area contributed by atoms with E-state index >= 15 is 0 Å². The van der Waals surface area contributed by atoms with Crippen molar-refractivity contribution in [3.63, 3.8) is 0 Å². The Bertz CT molecular complexity index is 850. The molecule has 2 bridgehead atoms. The van der Waals surface area contributed by atoms with Gasteiger partial charge in [-0.15, -0.1) is 0 Å². The van der Waals surface area contributed by atoms with Crippen LogP contribution in [0.2, 0.25) is 0 Å². The molecule has 1 aromatic heterocycles. The average Bonchev–Trinajstić information content (AvgIpc) is 2.83. The van der Waals surface area contributed by atoms with Crippen molar-refractivity contribution in [2.24, 2.45) is 0 Å². The first-order valence-corrected chi connectivity index (χ1v) is 8.97. The third kappa shape index (κ3) is 3.13. The number of carbonyl (C=O) groups excluding carboxylic acids is 1. The smallest absolute Gasteiger partial charge is 0.411 e. The van der Waals surface area contributed by atoms with Crippen molar-refractivity contribution in [3.8, 4) is 0 Å². The van der Waals surface area contributed by atoms with E-state index in [9.17, 15) is 4.79 Å². The van der Waals surface area contributed by atoms with Crippen LogP contribution in [0.1, 0.15) is 45.6 Å². The second kappa shape index (κ2) is 5.87. The van der Waals surface area contributed by atoms with Crippen molar-refractivity contribution in [1.29, 1.82) is 0 Å². The van der Waals surface area contributed by atoms with Crippen LogP contribution in [-0.2, 0) is 4.74 Å². The van der Waals surface area contributed by atoms with Crippen LogP contribution in [-0.4, -0.2) is 33.7 Å². The summed E-state index contributed by atoms with van der Waals surface area (Å²) in [6.45, 7) is 5.76. The van der Waals surface area contributed by atoms with Crippen LogP contribution in [0.25, 0.3) is 16.3 Å². The van der Waals surface area contributed by atoms with Gasteiger partial charge in [0.05, 0.1) is 6.04 Å². The van der Waals surface area contributed by atoms with Gasteiger partial charge in [0, 0.05) is 23.8 Å². The fourth-order valence-corrected chi connectivity index (χ4v) is 3.93. The second-order valence-electron chi connectivity index (χ2n) is 8.02. The molecule has 2 unspecified atom stereocenters. The maximum atomic E-state index is 12.6. The van der Waals surface area contributed by atoms with Crippen LogP contribution < -0.4 is 0 Å². The Hall–Kier alpha value is -2.36. The highest BCUT2D eigenvalue weighted by Crippen LogP contribution is 2.39. The second-order valence-corrected chi connectivity index (χ2v) is 8.02. The lowest BCUT2D eigenvalue weighted by Crippen LogP contribution is -2.45. The molecule has 0 radical (unpaired) electrons. The molecule has 2 aliphatic heterocycles. The van der Waals surface area contributed by atoms with Crippen molar-refractivity contribution in [2.45, 2.75) is 57.7 Å². The van der Waals surface area contributed by atoms with Crippen molar-refractivity contribution >= 4 is 22.4 Å². The van der Waals surface area contributed by atoms with Gasteiger partial charge >= 0.3 is 6.09 Å². The van der Waals surface area contributed by atoms with Gasteiger partial charge in [0.15, 0.2) is 0 Å². The maximum absolute atomic E-state index is 12.6. The number of benzene rings is 1. The molecule has 1 aromatic carbocycles. The van der Waals surface area contributed by atoms with E-state index in [1.165, 1.54) is 16.5 Å². The van der Waals surface area contributed by atoms with Crippen LogP contribution in [0.15, 0.2) is 42.7 Å². The molecule has 4 rings (SSSR count). The molecular weight excluding hydrogens is 312 g/mol. The Morgan fingerprint density at radius 2 is 2.04 bits per heavy atom. The average molecular weight is 336 g/mol. The third-order valence-electron chi connectivity index (χ3n) is 5.01. The van der Waals surface area contributed by atoms with Gasteiger partial charge in [-0.3, -0.25) is 9.88 Å². The molecule has 1 amide bonds. The Kier molecular flexibility index (Phi) is 3.78. The van der Waals surface area contributed by atoms with Gasteiger partial charge in [-0.05, 0) is 68.7 Å². The van der Waals surface area contributed by atoms with Crippen LogP contribution in [0.3, 0.4) is 0 Å². The molecule has 4 nitrogen and oxygen atoms in total. The summed E-state index contributed by atoms with van der Waals surface area (Å²) < 4.78 is 5.61. The molecule has 2 atom stereocenters. The zero-order valence-electron chi connectivity index (χ0n) is 15.0. The summed E-state index contributed by atoms with van der Waals surface area (Å²) >= 11 is 0. The van der Waals surface area contributed by atoms with Crippen LogP contribution in [0.5, 0.6) is 0 Å². The summed E-state index contributed by atoms with van der Waals surface area (Å²) in [7, 11) is 0. The van der Waals surface area contributed by atoms with E-state index in [1.807, 2.05) is 44.1 Å². The number of ether oxygens (including phenoxy) is 1. The van der Waals surface area contributed by atoms with Gasteiger partial charge in [0.1, 0.15) is 5.60 Å². The van der Waals surface area contributed by atoms with Gasteiger partial charge in [-0.1, -0.05) is 18.2 Å². The molecule has 1 saturated heterocycles. The van der Waals surface area contributed by atoms with Crippen LogP contribution in [0.4, 0.5) is 4.79 Å². The largest absolute Gasteiger partial charge is 0.444 e. The molecule has 0 spiro atoms. The first-order valence-electron chi connectivity index (χ1n) is 8.97. The van der Waals surface area contributed by atoms with Gasteiger partial charge < -0.3 is 4.74 Å². The maximum Gasteiger partial charge on any atom is 0.411 e. The minimum Gasteiger partial charge on any atom is -0.444 e. The molecule has 4 heteroatoms. The van der Waals surface area contributed by atoms with E-state index in [0.29, 0.717) is 0 Å². The van der Waals surface area contributed by atoms with Gasteiger partial charge in [0.2, 0.25) is 0 Å². The van der Waals surface area contributed by atoms with Crippen LogP contribution >= 0.6 is 0 Å². The third-order valence-corrected chi connectivity index (χ3v) is 5.01. The molecule has 0 aliphatic carbocycles. The zero-order chi connectivity index (χ0) is 17.6. The van der Waals surface area contributed by atoms with E-state index in [-0.39, 0.29) is 18.2 Å². The van der Waals surface area contributed by atoms with Crippen molar-refractivity contribution in [2.75, 3.05) is 0 Å². The van der Waals surface area contributed by atoms with E-state index in [0.717, 1.165) is 24.6 Å². The molecule has 25 heavy (non-hydrogen) atoms. The molecule has 0 saturated carbocycles. The first-order chi connectivity index (χ1) is 11.9. The lowest BCUT2D eigenvalue weighted by molar-refractivity contribution is 0.0175. The normalized spacial score (nSPS) is 22.8. The van der Waals surface area contributed by atoms with Gasteiger partial charge in [-0.2, -0.15) is 0 Å². The summed E-state index contributed by atoms with van der Waals surface area (Å²) in [6, 6.07) is 8.96. The van der Waals surface area contributed by atoms with E-state index in [1.54, 1.807) is 0 Å². The minimum atomic E-state index is -0.451. The summed E-state index contributed by atoms with van der Waals surface area (Å²) in [5.74, 6) is 0. The Balaban J connectivity index is 1.61. The van der Waals surface area contributed by atoms with E-state index in [4.69, 9.17) is 4.74 Å². The summed E-state index contributed by atoms with van der Waals surface area (Å²) in [6.07, 6.45) is 8.76. The Morgan fingerprint density at radius 1 is 1.20 bits per heavy atom. The molecule has 2 aromatic rings. The zero-order valence-corrected chi connectivity index (χ0v) is 15.0. The fraction of sp³-hybridized carbons (Fsp3) is 0.429. The monoisotopic (exact) mass is 336 g/mol. The number of amides is 1. The summed E-state index contributed by atoms with van der Waals surface area (Å²) in [5, 5.41) is 2.36. The van der Waals surface area contributed by atoms with Crippen LogP contribution in [0, 0.1) is 0 Å². The van der Waals surface area contributed by atoms with Crippen molar-refractivity contribution < 1.29 is 9.53 Å². The fourth-order valence-electron chi connectivity index (χ4n) is 3.93. The number of aromatic nitrogens is 1. The SMILES string of the molecule is CC(C)(C)OC(=O)N1C2C=C(c3ccc4cnccc4c3)CC1CC2. The molecule has 130 valence electrons. The van der Waals surface area contributed by atoms with Gasteiger partial charge in [-0.25, -0.2) is 4.79 Å². The number of fused-ring (bicyclic) bond motifs is 3. The quantitative estimate of drug-likeness (QED) is 0.752. The minimum absolute atomic E-state index is 0.150. The standard InChI is InChI=1S/C21H24N2O2/c1-21(2,3)25-20(24)23-18-6-7-19(23)12-17(11-18)14-4-5-16-13-22-9-8-15(16)10-14/h4-5,8-11,13,18-19H,6-7,12H2,1-3H3.